The second-order valence-electron chi connectivity index (χ2n) is 6.23. The molecule has 1 atom stereocenters. The van der Waals surface area contributed by atoms with Gasteiger partial charge in [0.2, 0.25) is 0 Å². The molecule has 4 nitrogen and oxygen atoms in total. The van der Waals surface area contributed by atoms with Crippen molar-refractivity contribution in [3.63, 3.8) is 0 Å². The second-order valence-corrected chi connectivity index (χ2v) is 6.23. The fraction of sp³-hybridized carbons (Fsp3) is 0.667. The van der Waals surface area contributed by atoms with Crippen molar-refractivity contribution in [2.45, 2.75) is 45.1 Å². The van der Waals surface area contributed by atoms with Gasteiger partial charge in [-0.15, -0.1) is 0 Å². The zero-order valence-electron chi connectivity index (χ0n) is 14.0. The fourth-order valence-corrected chi connectivity index (χ4v) is 3.04. The molecule has 0 aliphatic carbocycles. The minimum Gasteiger partial charge on any atom is -0.493 e. The molecule has 0 spiro atoms. The lowest BCUT2D eigenvalue weighted by atomic mass is 10.1. The zero-order valence-corrected chi connectivity index (χ0v) is 14.0. The number of hydrogen-bond acceptors (Lipinski definition) is 4. The van der Waals surface area contributed by atoms with Gasteiger partial charge in [0.1, 0.15) is 0 Å². The van der Waals surface area contributed by atoms with Crippen molar-refractivity contribution >= 4 is 0 Å². The van der Waals surface area contributed by atoms with Crippen molar-refractivity contribution < 1.29 is 9.47 Å². The Morgan fingerprint density at radius 3 is 2.68 bits per heavy atom. The summed E-state index contributed by atoms with van der Waals surface area (Å²) in [6.07, 6.45) is 5.92. The first-order valence-electron chi connectivity index (χ1n) is 8.47. The average Bonchev–Trinajstić information content (AvgIpc) is 2.53. The number of piperidine rings is 1. The van der Waals surface area contributed by atoms with Crippen molar-refractivity contribution in [2.24, 2.45) is 5.73 Å². The van der Waals surface area contributed by atoms with E-state index in [0.29, 0.717) is 0 Å². The number of rotatable bonds is 8. The van der Waals surface area contributed by atoms with Gasteiger partial charge in [-0.3, -0.25) is 0 Å². The van der Waals surface area contributed by atoms with Crippen LogP contribution in [0.25, 0.3) is 0 Å². The summed E-state index contributed by atoms with van der Waals surface area (Å²) < 4.78 is 11.5. The van der Waals surface area contributed by atoms with Gasteiger partial charge in [-0.2, -0.15) is 0 Å². The van der Waals surface area contributed by atoms with Gasteiger partial charge < -0.3 is 20.1 Å². The van der Waals surface area contributed by atoms with E-state index in [1.165, 1.54) is 32.4 Å². The van der Waals surface area contributed by atoms with E-state index in [1.807, 2.05) is 19.1 Å². The standard InChI is InChI=1S/C18H30N2O2/c1-15(19)14-16-8-6-9-17(21-2)18(16)22-13-7-12-20-10-4-3-5-11-20/h6,8-9,15H,3-5,7,10-14,19H2,1-2H3. The summed E-state index contributed by atoms with van der Waals surface area (Å²) in [7, 11) is 1.69. The molecule has 0 aromatic heterocycles. The number of nitrogens with zero attached hydrogens (tertiary/aromatic N) is 1. The Morgan fingerprint density at radius 1 is 1.23 bits per heavy atom. The summed E-state index contributed by atoms with van der Waals surface area (Å²) in [6, 6.07) is 6.14. The molecular weight excluding hydrogens is 276 g/mol. The Hall–Kier alpha value is -1.26. The van der Waals surface area contributed by atoms with E-state index in [2.05, 4.69) is 11.0 Å². The van der Waals surface area contributed by atoms with Crippen LogP contribution in [-0.4, -0.2) is 44.3 Å². The van der Waals surface area contributed by atoms with Gasteiger partial charge in [0.25, 0.3) is 0 Å². The SMILES string of the molecule is COc1cccc(CC(C)N)c1OCCCN1CCCCC1. The number of methoxy groups -OCH3 is 1. The first-order chi connectivity index (χ1) is 10.7. The van der Waals surface area contributed by atoms with Gasteiger partial charge in [0.05, 0.1) is 13.7 Å². The molecule has 1 unspecified atom stereocenters. The Morgan fingerprint density at radius 2 is 2.00 bits per heavy atom. The lowest BCUT2D eigenvalue weighted by Crippen LogP contribution is -2.31. The molecule has 2 N–H and O–H groups in total. The summed E-state index contributed by atoms with van der Waals surface area (Å²) in [6.45, 7) is 6.34. The number of hydrogen-bond donors (Lipinski definition) is 1. The highest BCUT2D eigenvalue weighted by Gasteiger charge is 2.13. The normalized spacial score (nSPS) is 17.2. The summed E-state index contributed by atoms with van der Waals surface area (Å²) in [5.41, 5.74) is 7.07. The van der Waals surface area contributed by atoms with Gasteiger partial charge in [-0.1, -0.05) is 18.6 Å². The van der Waals surface area contributed by atoms with Gasteiger partial charge in [0.15, 0.2) is 11.5 Å². The second kappa shape index (κ2) is 9.01. The first kappa shape index (κ1) is 17.1. The van der Waals surface area contributed by atoms with Crippen LogP contribution in [0, 0.1) is 0 Å². The van der Waals surface area contributed by atoms with E-state index in [0.717, 1.165) is 43.1 Å². The summed E-state index contributed by atoms with van der Waals surface area (Å²) in [5, 5.41) is 0. The van der Waals surface area contributed by atoms with Gasteiger partial charge in [-0.05, 0) is 57.3 Å². The molecule has 4 heteroatoms. The minimum atomic E-state index is 0.114. The molecule has 0 radical (unpaired) electrons. The molecule has 1 aromatic rings. The van der Waals surface area contributed by atoms with Crippen LogP contribution in [0.2, 0.25) is 0 Å². The molecule has 1 aromatic carbocycles. The van der Waals surface area contributed by atoms with E-state index in [9.17, 15) is 0 Å². The molecule has 1 aliphatic heterocycles. The Labute approximate surface area is 134 Å². The van der Waals surface area contributed by atoms with Gasteiger partial charge >= 0.3 is 0 Å². The van der Waals surface area contributed by atoms with Crippen LogP contribution in [0.15, 0.2) is 18.2 Å². The van der Waals surface area contributed by atoms with Crippen molar-refractivity contribution in [1.82, 2.24) is 4.90 Å². The van der Waals surface area contributed by atoms with E-state index in [1.54, 1.807) is 7.11 Å². The molecule has 2 rings (SSSR count). The van der Waals surface area contributed by atoms with E-state index in [-0.39, 0.29) is 6.04 Å². The largest absolute Gasteiger partial charge is 0.493 e. The van der Waals surface area contributed by atoms with Gasteiger partial charge in [0, 0.05) is 12.6 Å². The topological polar surface area (TPSA) is 47.7 Å². The third kappa shape index (κ3) is 5.18. The highest BCUT2D eigenvalue weighted by molar-refractivity contribution is 5.47. The summed E-state index contributed by atoms with van der Waals surface area (Å²) in [5.74, 6) is 1.66. The molecule has 1 fully saturated rings. The lowest BCUT2D eigenvalue weighted by Gasteiger charge is -2.26. The number of likely N-dealkylation sites (tertiary alicyclic amines) is 1. The molecule has 1 heterocycles. The first-order valence-corrected chi connectivity index (χ1v) is 8.47. The molecule has 0 bridgehead atoms. The van der Waals surface area contributed by atoms with Crippen LogP contribution in [-0.2, 0) is 6.42 Å². The van der Waals surface area contributed by atoms with E-state index >= 15 is 0 Å². The predicted octanol–water partition coefficient (Wildman–Crippen LogP) is 2.84. The van der Waals surface area contributed by atoms with Gasteiger partial charge in [-0.25, -0.2) is 0 Å². The number of benzene rings is 1. The molecule has 124 valence electrons. The fourth-order valence-electron chi connectivity index (χ4n) is 3.04. The maximum atomic E-state index is 6.04. The Balaban J connectivity index is 1.87. The van der Waals surface area contributed by atoms with Crippen LogP contribution in [0.4, 0.5) is 0 Å². The molecule has 1 aliphatic rings. The molecule has 0 saturated carbocycles. The lowest BCUT2D eigenvalue weighted by molar-refractivity contribution is 0.202. The third-order valence-corrected chi connectivity index (χ3v) is 4.14. The monoisotopic (exact) mass is 306 g/mol. The predicted molar refractivity (Wildman–Crippen MR) is 90.8 cm³/mol. The maximum Gasteiger partial charge on any atom is 0.164 e. The van der Waals surface area contributed by atoms with Crippen molar-refractivity contribution in [3.05, 3.63) is 23.8 Å². The van der Waals surface area contributed by atoms with Crippen molar-refractivity contribution in [3.8, 4) is 11.5 Å². The highest BCUT2D eigenvalue weighted by atomic mass is 16.5. The molecule has 22 heavy (non-hydrogen) atoms. The number of nitrogens with two attached hydrogens (primary N) is 1. The molecular formula is C18H30N2O2. The highest BCUT2D eigenvalue weighted by Crippen LogP contribution is 2.32. The van der Waals surface area contributed by atoms with Crippen LogP contribution >= 0.6 is 0 Å². The van der Waals surface area contributed by atoms with E-state index < -0.39 is 0 Å². The van der Waals surface area contributed by atoms with Crippen LogP contribution < -0.4 is 15.2 Å². The summed E-state index contributed by atoms with van der Waals surface area (Å²) in [4.78, 5) is 2.54. The number of para-hydroxylation sites is 1. The number of ether oxygens (including phenoxy) is 2. The average molecular weight is 306 g/mol. The Bertz CT molecular complexity index is 443. The Kier molecular flexibility index (Phi) is 7.00. The zero-order chi connectivity index (χ0) is 15.8. The minimum absolute atomic E-state index is 0.114. The quantitative estimate of drug-likeness (QED) is 0.750. The van der Waals surface area contributed by atoms with E-state index in [4.69, 9.17) is 15.2 Å². The van der Waals surface area contributed by atoms with Crippen molar-refractivity contribution in [1.29, 1.82) is 0 Å². The molecule has 0 amide bonds. The maximum absolute atomic E-state index is 6.04. The third-order valence-electron chi connectivity index (χ3n) is 4.14. The van der Waals surface area contributed by atoms with Crippen molar-refractivity contribution in [2.75, 3.05) is 33.4 Å². The summed E-state index contributed by atoms with van der Waals surface area (Å²) >= 11 is 0. The van der Waals surface area contributed by atoms with Crippen LogP contribution in [0.3, 0.4) is 0 Å². The van der Waals surface area contributed by atoms with Crippen LogP contribution in [0.1, 0.15) is 38.2 Å². The van der Waals surface area contributed by atoms with Crippen LogP contribution in [0.5, 0.6) is 11.5 Å². The molecule has 1 saturated heterocycles. The smallest absolute Gasteiger partial charge is 0.164 e.